The molecular weight excluding hydrogens is 336 g/mol. The number of pyridine rings is 1. The molecule has 2 aromatic rings. The third-order valence-electron chi connectivity index (χ3n) is 2.51. The van der Waals surface area contributed by atoms with Gasteiger partial charge in [0.2, 0.25) is 0 Å². The summed E-state index contributed by atoms with van der Waals surface area (Å²) in [5.41, 5.74) is 0.291. The minimum atomic E-state index is -0.546. The van der Waals surface area contributed by atoms with Gasteiger partial charge in [0.1, 0.15) is 5.02 Å². The van der Waals surface area contributed by atoms with Crippen LogP contribution >= 0.6 is 27.5 Å². The van der Waals surface area contributed by atoms with Gasteiger partial charge in [0.15, 0.2) is 0 Å². The molecular formula is C12H8BrClN2O3. The highest BCUT2D eigenvalue weighted by Gasteiger charge is 2.13. The van der Waals surface area contributed by atoms with Crippen LogP contribution in [0.4, 0.5) is 5.69 Å². The van der Waals surface area contributed by atoms with E-state index in [0.29, 0.717) is 5.56 Å². The second-order valence-corrected chi connectivity index (χ2v) is 5.18. The zero-order valence-corrected chi connectivity index (χ0v) is 11.9. The highest BCUT2D eigenvalue weighted by atomic mass is 79.9. The molecule has 0 unspecified atom stereocenters. The van der Waals surface area contributed by atoms with Crippen molar-refractivity contribution in [3.8, 4) is 0 Å². The fourth-order valence-corrected chi connectivity index (χ4v) is 2.18. The average molecular weight is 344 g/mol. The zero-order chi connectivity index (χ0) is 14.0. The van der Waals surface area contributed by atoms with Gasteiger partial charge in [-0.3, -0.25) is 14.9 Å². The highest BCUT2D eigenvalue weighted by Crippen LogP contribution is 2.25. The van der Waals surface area contributed by atoms with E-state index < -0.39 is 4.92 Å². The van der Waals surface area contributed by atoms with Crippen LogP contribution in [0.25, 0.3) is 0 Å². The molecule has 7 heteroatoms. The average Bonchev–Trinajstić information content (AvgIpc) is 2.36. The quantitative estimate of drug-likeness (QED) is 0.635. The number of hydrogen-bond donors (Lipinski definition) is 0. The van der Waals surface area contributed by atoms with Crippen LogP contribution in [-0.2, 0) is 6.54 Å². The van der Waals surface area contributed by atoms with Crippen molar-refractivity contribution < 1.29 is 4.92 Å². The summed E-state index contributed by atoms with van der Waals surface area (Å²) in [5, 5.41) is 10.9. The van der Waals surface area contributed by atoms with Crippen molar-refractivity contribution in [2.75, 3.05) is 0 Å². The van der Waals surface area contributed by atoms with E-state index in [-0.39, 0.29) is 22.8 Å². The molecule has 0 aliphatic carbocycles. The van der Waals surface area contributed by atoms with Crippen molar-refractivity contribution in [2.24, 2.45) is 0 Å². The molecule has 1 aromatic heterocycles. The monoisotopic (exact) mass is 342 g/mol. The van der Waals surface area contributed by atoms with E-state index in [2.05, 4.69) is 15.9 Å². The second-order valence-electron chi connectivity index (χ2n) is 3.86. The molecule has 0 saturated heterocycles. The normalized spacial score (nSPS) is 10.4. The van der Waals surface area contributed by atoms with Gasteiger partial charge in [0.05, 0.1) is 11.5 Å². The van der Waals surface area contributed by atoms with Gasteiger partial charge in [-0.2, -0.15) is 0 Å². The van der Waals surface area contributed by atoms with E-state index in [1.165, 1.54) is 22.8 Å². The van der Waals surface area contributed by atoms with Gasteiger partial charge in [-0.25, -0.2) is 0 Å². The second kappa shape index (κ2) is 5.54. The van der Waals surface area contributed by atoms with Gasteiger partial charge in [-0.15, -0.1) is 0 Å². The van der Waals surface area contributed by atoms with Crippen LogP contribution in [0.2, 0.25) is 5.02 Å². The molecule has 0 amide bonds. The Bertz CT molecular complexity index is 700. The van der Waals surface area contributed by atoms with E-state index in [1.807, 2.05) is 0 Å². The Kier molecular flexibility index (Phi) is 4.01. The van der Waals surface area contributed by atoms with E-state index >= 15 is 0 Å². The van der Waals surface area contributed by atoms with Gasteiger partial charge in [-0.1, -0.05) is 17.7 Å². The van der Waals surface area contributed by atoms with Crippen molar-refractivity contribution in [1.29, 1.82) is 0 Å². The molecule has 0 spiro atoms. The minimum absolute atomic E-state index is 0.0790. The predicted molar refractivity (Wildman–Crippen MR) is 75.6 cm³/mol. The van der Waals surface area contributed by atoms with E-state index in [9.17, 15) is 14.9 Å². The number of halogens is 2. The Hall–Kier alpha value is -1.66. The Labute approximate surface area is 121 Å². The van der Waals surface area contributed by atoms with Crippen LogP contribution in [0.5, 0.6) is 0 Å². The molecule has 1 aromatic carbocycles. The van der Waals surface area contributed by atoms with Crippen LogP contribution < -0.4 is 5.56 Å². The van der Waals surface area contributed by atoms with Crippen LogP contribution in [0, 0.1) is 10.1 Å². The molecule has 2 rings (SSSR count). The summed E-state index contributed by atoms with van der Waals surface area (Å²) in [6.07, 6.45) is 1.63. The first-order valence-electron chi connectivity index (χ1n) is 5.26. The number of hydrogen-bond acceptors (Lipinski definition) is 3. The van der Waals surface area contributed by atoms with Crippen molar-refractivity contribution >= 4 is 33.2 Å². The lowest BCUT2D eigenvalue weighted by Gasteiger charge is -2.06. The Morgan fingerprint density at radius 1 is 1.32 bits per heavy atom. The largest absolute Gasteiger partial charge is 0.310 e. The van der Waals surface area contributed by atoms with Gasteiger partial charge < -0.3 is 4.57 Å². The van der Waals surface area contributed by atoms with Crippen molar-refractivity contribution in [1.82, 2.24) is 4.57 Å². The zero-order valence-electron chi connectivity index (χ0n) is 9.55. The summed E-state index contributed by atoms with van der Waals surface area (Å²) in [6.45, 7) is 0.246. The van der Waals surface area contributed by atoms with Crippen molar-refractivity contribution in [3.63, 3.8) is 0 Å². The highest BCUT2D eigenvalue weighted by molar-refractivity contribution is 9.10. The smallest absolute Gasteiger partial charge is 0.288 e. The summed E-state index contributed by atoms with van der Waals surface area (Å²) >= 11 is 9.00. The molecule has 0 bridgehead atoms. The third kappa shape index (κ3) is 3.21. The standard InChI is InChI=1S/C12H8BrClN2O3/c13-9-2-4-12(17)15(7-9)6-8-1-3-10(14)11(5-8)16(18)19/h1-5,7H,6H2. The summed E-state index contributed by atoms with van der Waals surface area (Å²) in [5.74, 6) is 0. The number of nitro groups is 1. The molecule has 0 aliphatic heterocycles. The third-order valence-corrected chi connectivity index (χ3v) is 3.30. The Morgan fingerprint density at radius 3 is 2.74 bits per heavy atom. The SMILES string of the molecule is O=c1ccc(Br)cn1Cc1ccc(Cl)c([N+](=O)[O-])c1. The van der Waals surface area contributed by atoms with E-state index in [0.717, 1.165) is 4.47 Å². The first-order valence-corrected chi connectivity index (χ1v) is 6.43. The lowest BCUT2D eigenvalue weighted by atomic mass is 10.2. The van der Waals surface area contributed by atoms with Crippen molar-refractivity contribution in [2.45, 2.75) is 6.54 Å². The fourth-order valence-electron chi connectivity index (χ4n) is 1.62. The summed E-state index contributed by atoms with van der Waals surface area (Å²) in [7, 11) is 0. The number of nitrogens with zero attached hydrogens (tertiary/aromatic N) is 2. The molecule has 0 aliphatic rings. The van der Waals surface area contributed by atoms with E-state index in [4.69, 9.17) is 11.6 Å². The van der Waals surface area contributed by atoms with Gasteiger partial charge in [-0.05, 0) is 33.6 Å². The Morgan fingerprint density at radius 2 is 2.05 bits per heavy atom. The van der Waals surface area contributed by atoms with E-state index in [1.54, 1.807) is 18.3 Å². The van der Waals surface area contributed by atoms with Gasteiger partial charge >= 0.3 is 0 Å². The molecule has 19 heavy (non-hydrogen) atoms. The van der Waals surface area contributed by atoms with Gasteiger partial charge in [0, 0.05) is 22.8 Å². The van der Waals surface area contributed by atoms with Crippen LogP contribution in [0.15, 0.2) is 45.8 Å². The number of rotatable bonds is 3. The van der Waals surface area contributed by atoms with Crippen LogP contribution in [0.1, 0.15) is 5.56 Å². The molecule has 5 nitrogen and oxygen atoms in total. The summed E-state index contributed by atoms with van der Waals surface area (Å²) < 4.78 is 2.22. The van der Waals surface area contributed by atoms with Gasteiger partial charge in [0.25, 0.3) is 11.2 Å². The first kappa shape index (κ1) is 13.8. The molecule has 0 N–H and O–H groups in total. The molecule has 0 atom stereocenters. The topological polar surface area (TPSA) is 65.1 Å². The number of benzene rings is 1. The lowest BCUT2D eigenvalue weighted by molar-refractivity contribution is -0.384. The molecule has 0 radical (unpaired) electrons. The van der Waals surface area contributed by atoms with Crippen LogP contribution in [0.3, 0.4) is 0 Å². The number of nitro benzene ring substituents is 1. The molecule has 0 fully saturated rings. The number of aromatic nitrogens is 1. The minimum Gasteiger partial charge on any atom is -0.310 e. The molecule has 98 valence electrons. The lowest BCUT2D eigenvalue weighted by Crippen LogP contribution is -2.18. The summed E-state index contributed by atoms with van der Waals surface area (Å²) in [6, 6.07) is 7.55. The van der Waals surface area contributed by atoms with Crippen molar-refractivity contribution in [3.05, 3.63) is 72.1 Å². The fraction of sp³-hybridized carbons (Fsp3) is 0.0833. The maximum atomic E-state index is 11.6. The molecule has 0 saturated carbocycles. The van der Waals surface area contributed by atoms with Crippen LogP contribution in [-0.4, -0.2) is 9.49 Å². The predicted octanol–water partition coefficient (Wildman–Crippen LogP) is 3.22. The maximum Gasteiger partial charge on any atom is 0.288 e. The Balaban J connectivity index is 2.39. The summed E-state index contributed by atoms with van der Waals surface area (Å²) in [4.78, 5) is 21.9. The first-order chi connectivity index (χ1) is 8.97. The molecule has 1 heterocycles. The maximum absolute atomic E-state index is 11.6.